The number of hydrogen-bond donors (Lipinski definition) is 1. The van der Waals surface area contributed by atoms with Crippen LogP contribution in [0.15, 0.2) is 78.9 Å². The average Bonchev–Trinajstić information content (AvgIpc) is 2.93. The van der Waals surface area contributed by atoms with Crippen molar-refractivity contribution in [3.63, 3.8) is 0 Å². The summed E-state index contributed by atoms with van der Waals surface area (Å²) in [6, 6.07) is 24.2. The fourth-order valence-electron chi connectivity index (χ4n) is 4.78. The first-order valence-corrected chi connectivity index (χ1v) is 16.1. The number of sulfonamides is 1. The first-order valence-electron chi connectivity index (χ1n) is 14.3. The molecule has 3 rings (SSSR count). The SMILES string of the molecule is CCCCNC(=O)C(Cc1ccccc1)N(Cc1cccc(C)c1)C(=O)CCCN(c1ccc(C)cc1)S(C)(=O)=O. The summed E-state index contributed by atoms with van der Waals surface area (Å²) in [6.45, 7) is 7.01. The van der Waals surface area contributed by atoms with Crippen molar-refractivity contribution in [2.24, 2.45) is 0 Å². The molecule has 0 heterocycles. The summed E-state index contributed by atoms with van der Waals surface area (Å²) in [5.74, 6) is -0.365. The molecule has 0 fully saturated rings. The summed E-state index contributed by atoms with van der Waals surface area (Å²) >= 11 is 0. The minimum Gasteiger partial charge on any atom is -0.354 e. The van der Waals surface area contributed by atoms with Crippen LogP contribution in [-0.2, 0) is 32.6 Å². The van der Waals surface area contributed by atoms with Crippen LogP contribution in [0.3, 0.4) is 0 Å². The molecule has 3 aromatic rings. The number of unbranched alkanes of at least 4 members (excludes halogenated alkanes) is 1. The second-order valence-corrected chi connectivity index (χ2v) is 12.5. The van der Waals surface area contributed by atoms with Gasteiger partial charge in [0.05, 0.1) is 11.9 Å². The van der Waals surface area contributed by atoms with E-state index in [4.69, 9.17) is 0 Å². The van der Waals surface area contributed by atoms with Gasteiger partial charge in [-0.05, 0) is 49.9 Å². The van der Waals surface area contributed by atoms with Crippen molar-refractivity contribution in [2.45, 2.75) is 65.5 Å². The van der Waals surface area contributed by atoms with Gasteiger partial charge >= 0.3 is 0 Å². The third kappa shape index (κ3) is 10.0. The molecule has 7 nitrogen and oxygen atoms in total. The molecule has 41 heavy (non-hydrogen) atoms. The van der Waals surface area contributed by atoms with Gasteiger partial charge in [-0.25, -0.2) is 8.42 Å². The lowest BCUT2D eigenvalue weighted by Crippen LogP contribution is -2.50. The Hall–Kier alpha value is -3.65. The van der Waals surface area contributed by atoms with Crippen molar-refractivity contribution in [3.05, 3.63) is 101 Å². The van der Waals surface area contributed by atoms with E-state index in [1.165, 1.54) is 10.6 Å². The van der Waals surface area contributed by atoms with Crippen molar-refractivity contribution >= 4 is 27.5 Å². The highest BCUT2D eigenvalue weighted by molar-refractivity contribution is 7.92. The number of amides is 2. The number of nitrogens with one attached hydrogen (secondary N) is 1. The number of benzene rings is 3. The average molecular weight is 578 g/mol. The first kappa shape index (κ1) is 31.9. The molecule has 0 aliphatic rings. The van der Waals surface area contributed by atoms with Crippen LogP contribution in [0.1, 0.15) is 54.9 Å². The summed E-state index contributed by atoms with van der Waals surface area (Å²) < 4.78 is 26.5. The lowest BCUT2D eigenvalue weighted by Gasteiger charge is -2.32. The zero-order valence-corrected chi connectivity index (χ0v) is 25.5. The Morgan fingerprint density at radius 2 is 1.54 bits per heavy atom. The smallest absolute Gasteiger partial charge is 0.243 e. The van der Waals surface area contributed by atoms with Crippen LogP contribution in [0.2, 0.25) is 0 Å². The zero-order valence-electron chi connectivity index (χ0n) is 24.7. The maximum absolute atomic E-state index is 13.9. The standard InChI is InChI=1S/C33H43N3O4S/c1-5-6-21-34-33(38)31(24-28-13-8-7-9-14-28)35(25-29-15-10-12-27(3)23-29)32(37)16-11-22-36(41(4,39)40)30-19-17-26(2)18-20-30/h7-10,12-15,17-20,23,31H,5-6,11,16,21-22,24-25H2,1-4H3,(H,34,38). The van der Waals surface area contributed by atoms with E-state index in [1.54, 1.807) is 17.0 Å². The Morgan fingerprint density at radius 3 is 2.17 bits per heavy atom. The van der Waals surface area contributed by atoms with Crippen molar-refractivity contribution in [3.8, 4) is 0 Å². The molecule has 220 valence electrons. The van der Waals surface area contributed by atoms with Crippen LogP contribution < -0.4 is 9.62 Å². The lowest BCUT2D eigenvalue weighted by molar-refractivity contribution is -0.141. The summed E-state index contributed by atoms with van der Waals surface area (Å²) in [6.07, 6.45) is 3.80. The molecule has 0 saturated carbocycles. The van der Waals surface area contributed by atoms with Crippen LogP contribution in [-0.4, -0.2) is 50.5 Å². The van der Waals surface area contributed by atoms with E-state index < -0.39 is 16.1 Å². The van der Waals surface area contributed by atoms with Gasteiger partial charge in [-0.1, -0.05) is 91.2 Å². The predicted octanol–water partition coefficient (Wildman–Crippen LogP) is 5.41. The van der Waals surface area contributed by atoms with Gasteiger partial charge in [-0.3, -0.25) is 13.9 Å². The topological polar surface area (TPSA) is 86.8 Å². The number of nitrogens with zero attached hydrogens (tertiary/aromatic N) is 2. The Labute approximate surface area is 245 Å². The highest BCUT2D eigenvalue weighted by Crippen LogP contribution is 2.21. The quantitative estimate of drug-likeness (QED) is 0.245. The van der Waals surface area contributed by atoms with Crippen molar-refractivity contribution < 1.29 is 18.0 Å². The molecule has 3 aromatic carbocycles. The molecule has 0 aliphatic carbocycles. The molecule has 0 aliphatic heterocycles. The molecular weight excluding hydrogens is 534 g/mol. The Kier molecular flexibility index (Phi) is 12.0. The van der Waals surface area contributed by atoms with Crippen molar-refractivity contribution in [2.75, 3.05) is 23.7 Å². The summed E-state index contributed by atoms with van der Waals surface area (Å²) in [5.41, 5.74) is 4.58. The fraction of sp³-hybridized carbons (Fsp3) is 0.394. The lowest BCUT2D eigenvalue weighted by atomic mass is 10.0. The third-order valence-electron chi connectivity index (χ3n) is 7.01. The summed E-state index contributed by atoms with van der Waals surface area (Å²) in [5, 5.41) is 3.04. The normalized spacial score (nSPS) is 12.0. The van der Waals surface area contributed by atoms with Gasteiger partial charge in [-0.2, -0.15) is 0 Å². The zero-order chi connectivity index (χ0) is 29.8. The van der Waals surface area contributed by atoms with Crippen molar-refractivity contribution in [1.82, 2.24) is 10.2 Å². The maximum Gasteiger partial charge on any atom is 0.243 e. The molecule has 0 spiro atoms. The molecule has 1 unspecified atom stereocenters. The van der Waals surface area contributed by atoms with E-state index in [9.17, 15) is 18.0 Å². The van der Waals surface area contributed by atoms with Crippen LogP contribution >= 0.6 is 0 Å². The van der Waals surface area contributed by atoms with E-state index in [1.807, 2.05) is 80.6 Å². The summed E-state index contributed by atoms with van der Waals surface area (Å²) in [4.78, 5) is 29.1. The number of carbonyl (C=O) groups is 2. The molecule has 8 heteroatoms. The highest BCUT2D eigenvalue weighted by atomic mass is 32.2. The monoisotopic (exact) mass is 577 g/mol. The molecule has 1 N–H and O–H groups in total. The van der Waals surface area contributed by atoms with Gasteiger partial charge in [0.25, 0.3) is 0 Å². The molecule has 2 amide bonds. The van der Waals surface area contributed by atoms with Crippen molar-refractivity contribution in [1.29, 1.82) is 0 Å². The highest BCUT2D eigenvalue weighted by Gasteiger charge is 2.30. The molecule has 0 bridgehead atoms. The van der Waals surface area contributed by atoms with Gasteiger partial charge in [0.1, 0.15) is 6.04 Å². The van der Waals surface area contributed by atoms with Crippen LogP contribution in [0.5, 0.6) is 0 Å². The summed E-state index contributed by atoms with van der Waals surface area (Å²) in [7, 11) is -3.54. The maximum atomic E-state index is 13.9. The number of carbonyl (C=O) groups excluding carboxylic acids is 2. The van der Waals surface area contributed by atoms with Gasteiger partial charge in [0, 0.05) is 32.5 Å². The fourth-order valence-corrected chi connectivity index (χ4v) is 5.75. The van der Waals surface area contributed by atoms with Gasteiger partial charge < -0.3 is 10.2 Å². The van der Waals surface area contributed by atoms with E-state index in [0.717, 1.165) is 35.1 Å². The number of hydrogen-bond acceptors (Lipinski definition) is 4. The molecule has 0 aromatic heterocycles. The minimum absolute atomic E-state index is 0.108. The molecule has 1 atom stereocenters. The Bertz CT molecular complexity index is 1380. The third-order valence-corrected chi connectivity index (χ3v) is 8.20. The number of aryl methyl sites for hydroxylation is 2. The van der Waals surface area contributed by atoms with Gasteiger partial charge in [0.2, 0.25) is 21.8 Å². The van der Waals surface area contributed by atoms with Gasteiger partial charge in [0.15, 0.2) is 0 Å². The number of anilines is 1. The molecule has 0 saturated heterocycles. The largest absolute Gasteiger partial charge is 0.354 e. The second-order valence-electron chi connectivity index (χ2n) is 10.6. The first-order chi connectivity index (χ1) is 19.6. The van der Waals surface area contributed by atoms with Crippen LogP contribution in [0.4, 0.5) is 5.69 Å². The minimum atomic E-state index is -3.54. The molecule has 0 radical (unpaired) electrons. The van der Waals surface area contributed by atoms with E-state index in [2.05, 4.69) is 12.2 Å². The Balaban J connectivity index is 1.86. The van der Waals surface area contributed by atoms with Crippen LogP contribution in [0.25, 0.3) is 0 Å². The van der Waals surface area contributed by atoms with Crippen LogP contribution in [0, 0.1) is 13.8 Å². The second kappa shape index (κ2) is 15.4. The van der Waals surface area contributed by atoms with Gasteiger partial charge in [-0.15, -0.1) is 0 Å². The Morgan fingerprint density at radius 1 is 0.854 bits per heavy atom. The molecular formula is C33H43N3O4S. The van der Waals surface area contributed by atoms with E-state index in [0.29, 0.717) is 25.1 Å². The predicted molar refractivity (Wildman–Crippen MR) is 166 cm³/mol. The van der Waals surface area contributed by atoms with E-state index >= 15 is 0 Å². The number of rotatable bonds is 15. The van der Waals surface area contributed by atoms with E-state index in [-0.39, 0.29) is 31.3 Å².